The number of nitrogens with two attached hydrogens (primary N) is 1. The van der Waals surface area contributed by atoms with Gasteiger partial charge in [-0.1, -0.05) is 0 Å². The van der Waals surface area contributed by atoms with Crippen molar-refractivity contribution in [3.63, 3.8) is 0 Å². The van der Waals surface area contributed by atoms with Crippen molar-refractivity contribution in [2.45, 2.75) is 50.3 Å². The zero-order chi connectivity index (χ0) is 14.0. The van der Waals surface area contributed by atoms with E-state index in [0.717, 1.165) is 25.7 Å². The van der Waals surface area contributed by atoms with Crippen LogP contribution in [0.5, 0.6) is 0 Å². The van der Waals surface area contributed by atoms with Crippen molar-refractivity contribution in [1.29, 1.82) is 0 Å². The molecule has 0 spiro atoms. The van der Waals surface area contributed by atoms with Crippen LogP contribution >= 0.6 is 0 Å². The van der Waals surface area contributed by atoms with E-state index in [0.29, 0.717) is 0 Å². The first kappa shape index (κ1) is 14.3. The molecule has 2 heterocycles. The van der Waals surface area contributed by atoms with Crippen LogP contribution in [-0.4, -0.2) is 53.7 Å². The highest BCUT2D eigenvalue weighted by Crippen LogP contribution is 2.40. The first-order valence-corrected chi connectivity index (χ1v) is 6.83. The Morgan fingerprint density at radius 3 is 2.37 bits per heavy atom. The first-order valence-electron chi connectivity index (χ1n) is 6.83. The van der Waals surface area contributed by atoms with Gasteiger partial charge in [0, 0.05) is 32.2 Å². The van der Waals surface area contributed by atoms with Crippen molar-refractivity contribution in [2.75, 3.05) is 13.7 Å². The quantitative estimate of drug-likeness (QED) is 0.744. The number of ether oxygens (including phenoxy) is 1. The van der Waals surface area contributed by atoms with Crippen molar-refractivity contribution in [2.24, 2.45) is 11.7 Å². The molecule has 2 saturated heterocycles. The minimum Gasteiger partial charge on any atom is -0.481 e. The number of hydrogen-bond acceptors (Lipinski definition) is 4. The van der Waals surface area contributed by atoms with Gasteiger partial charge in [0.15, 0.2) is 0 Å². The highest BCUT2D eigenvalue weighted by molar-refractivity contribution is 5.82. The summed E-state index contributed by atoms with van der Waals surface area (Å²) in [5.41, 5.74) is 5.55. The fraction of sp³-hybridized carbons (Fsp3) is 0.846. The van der Waals surface area contributed by atoms with Crippen LogP contribution in [0.4, 0.5) is 0 Å². The van der Waals surface area contributed by atoms with E-state index in [1.165, 1.54) is 7.11 Å². The van der Waals surface area contributed by atoms with E-state index in [9.17, 15) is 9.59 Å². The molecule has 2 aliphatic heterocycles. The lowest BCUT2D eigenvalue weighted by molar-refractivity contribution is -0.147. The molecule has 2 aliphatic rings. The number of carboxylic acids is 1. The van der Waals surface area contributed by atoms with Crippen molar-refractivity contribution >= 4 is 11.9 Å². The Labute approximate surface area is 112 Å². The van der Waals surface area contributed by atoms with E-state index in [1.54, 1.807) is 0 Å². The third-order valence-corrected chi connectivity index (χ3v) is 4.32. The fourth-order valence-corrected chi connectivity index (χ4v) is 3.53. The maximum atomic E-state index is 12.4. The summed E-state index contributed by atoms with van der Waals surface area (Å²) in [5.74, 6) is -0.593. The second kappa shape index (κ2) is 5.88. The predicted molar refractivity (Wildman–Crippen MR) is 68.5 cm³/mol. The van der Waals surface area contributed by atoms with Gasteiger partial charge in [0.2, 0.25) is 0 Å². The zero-order valence-electron chi connectivity index (χ0n) is 11.2. The molecule has 3 unspecified atom stereocenters. The molecule has 0 aromatic rings. The number of nitrogens with zero attached hydrogens (tertiary/aromatic N) is 1. The molecule has 0 aliphatic carbocycles. The van der Waals surface area contributed by atoms with Crippen LogP contribution in [0, 0.1) is 5.92 Å². The van der Waals surface area contributed by atoms with E-state index in [1.807, 2.05) is 4.90 Å². The average molecular weight is 270 g/mol. The molecule has 19 heavy (non-hydrogen) atoms. The lowest BCUT2D eigenvalue weighted by atomic mass is 9.88. The summed E-state index contributed by atoms with van der Waals surface area (Å²) in [7, 11) is 1.49. The van der Waals surface area contributed by atoms with E-state index in [2.05, 4.69) is 0 Å². The number of fused-ring (bicyclic) bond motifs is 2. The molecular formula is C13H22N2O4. The molecule has 0 saturated carbocycles. The van der Waals surface area contributed by atoms with Crippen LogP contribution in [0.15, 0.2) is 0 Å². The summed E-state index contributed by atoms with van der Waals surface area (Å²) < 4.78 is 5.12. The number of amides is 1. The van der Waals surface area contributed by atoms with Gasteiger partial charge in [0.25, 0.3) is 5.91 Å². The number of hydrogen-bond donors (Lipinski definition) is 2. The van der Waals surface area contributed by atoms with Gasteiger partial charge in [0.1, 0.15) is 6.10 Å². The molecule has 0 aromatic carbocycles. The van der Waals surface area contributed by atoms with Gasteiger partial charge >= 0.3 is 5.97 Å². The van der Waals surface area contributed by atoms with Crippen molar-refractivity contribution in [3.8, 4) is 0 Å². The smallest absolute Gasteiger partial charge is 0.303 e. The average Bonchev–Trinajstić information content (AvgIpc) is 2.62. The summed E-state index contributed by atoms with van der Waals surface area (Å²) in [6.45, 7) is 0.184. The minimum absolute atomic E-state index is 0.0359. The standard InChI is InChI=1S/C13H22N2O4/c1-19-11(7-14)13(18)15-9-2-3-10(15)5-8(4-9)6-12(16)17/h8-11H,2-7,14H2,1H3,(H,16,17). The number of carbonyl (C=O) groups is 2. The van der Waals surface area contributed by atoms with Crippen LogP contribution < -0.4 is 5.73 Å². The molecule has 2 bridgehead atoms. The second-order valence-corrected chi connectivity index (χ2v) is 5.53. The molecule has 3 N–H and O–H groups in total. The van der Waals surface area contributed by atoms with E-state index < -0.39 is 12.1 Å². The molecule has 0 radical (unpaired) electrons. The highest BCUT2D eigenvalue weighted by Gasteiger charge is 2.44. The molecule has 2 fully saturated rings. The zero-order valence-corrected chi connectivity index (χ0v) is 11.2. The Bertz CT molecular complexity index is 343. The van der Waals surface area contributed by atoms with Crippen LogP contribution in [0.25, 0.3) is 0 Å². The molecule has 6 heteroatoms. The number of carbonyl (C=O) groups excluding carboxylic acids is 1. The van der Waals surface area contributed by atoms with Crippen molar-refractivity contribution < 1.29 is 19.4 Å². The van der Waals surface area contributed by atoms with E-state index >= 15 is 0 Å². The summed E-state index contributed by atoms with van der Waals surface area (Å²) in [6, 6.07) is 0.333. The van der Waals surface area contributed by atoms with Gasteiger partial charge < -0.3 is 20.5 Å². The summed E-state index contributed by atoms with van der Waals surface area (Å²) in [5, 5.41) is 8.88. The lowest BCUT2D eigenvalue weighted by Crippen LogP contribution is -2.52. The SMILES string of the molecule is COC(CN)C(=O)N1C2CCC1CC(CC(=O)O)C2. The minimum atomic E-state index is -0.749. The van der Waals surface area contributed by atoms with Crippen LogP contribution in [-0.2, 0) is 14.3 Å². The van der Waals surface area contributed by atoms with Gasteiger partial charge in [-0.05, 0) is 31.6 Å². The van der Waals surface area contributed by atoms with Gasteiger partial charge in [-0.25, -0.2) is 0 Å². The molecule has 3 atom stereocenters. The van der Waals surface area contributed by atoms with Gasteiger partial charge in [0.05, 0.1) is 0 Å². The van der Waals surface area contributed by atoms with Crippen molar-refractivity contribution in [1.82, 2.24) is 4.90 Å². The third-order valence-electron chi connectivity index (χ3n) is 4.32. The van der Waals surface area contributed by atoms with Crippen LogP contribution in [0.2, 0.25) is 0 Å². The Morgan fingerprint density at radius 2 is 1.95 bits per heavy atom. The predicted octanol–water partition coefficient (Wildman–Crippen LogP) is 0.204. The Kier molecular flexibility index (Phi) is 4.42. The second-order valence-electron chi connectivity index (χ2n) is 5.53. The Hall–Kier alpha value is -1.14. The Morgan fingerprint density at radius 1 is 1.37 bits per heavy atom. The Balaban J connectivity index is 2.02. The number of piperidine rings is 1. The molecule has 0 aromatic heterocycles. The largest absolute Gasteiger partial charge is 0.481 e. The first-order chi connectivity index (χ1) is 9.06. The molecule has 1 amide bonds. The van der Waals surface area contributed by atoms with Gasteiger partial charge in [-0.3, -0.25) is 9.59 Å². The van der Waals surface area contributed by atoms with Crippen molar-refractivity contribution in [3.05, 3.63) is 0 Å². The number of methoxy groups -OCH3 is 1. The van der Waals surface area contributed by atoms with Gasteiger partial charge in [-0.2, -0.15) is 0 Å². The van der Waals surface area contributed by atoms with Gasteiger partial charge in [-0.15, -0.1) is 0 Å². The third kappa shape index (κ3) is 2.90. The normalized spacial score (nSPS) is 31.3. The molecule has 6 nitrogen and oxygen atoms in total. The maximum absolute atomic E-state index is 12.4. The fourth-order valence-electron chi connectivity index (χ4n) is 3.53. The summed E-state index contributed by atoms with van der Waals surface area (Å²) >= 11 is 0. The topological polar surface area (TPSA) is 92.9 Å². The monoisotopic (exact) mass is 270 g/mol. The van der Waals surface area contributed by atoms with E-state index in [4.69, 9.17) is 15.6 Å². The summed E-state index contributed by atoms with van der Waals surface area (Å²) in [6.07, 6.45) is 3.14. The number of aliphatic carboxylic acids is 1. The maximum Gasteiger partial charge on any atom is 0.303 e. The number of rotatable bonds is 5. The van der Waals surface area contributed by atoms with E-state index in [-0.39, 0.29) is 36.9 Å². The molecular weight excluding hydrogens is 248 g/mol. The lowest BCUT2D eigenvalue weighted by Gasteiger charge is -2.40. The summed E-state index contributed by atoms with van der Waals surface area (Å²) in [4.78, 5) is 25.1. The van der Waals surface area contributed by atoms with Crippen LogP contribution in [0.1, 0.15) is 32.1 Å². The van der Waals surface area contributed by atoms with Crippen LogP contribution in [0.3, 0.4) is 0 Å². The molecule has 108 valence electrons. The highest BCUT2D eigenvalue weighted by atomic mass is 16.5. The number of carboxylic acid groups (broad SMARTS) is 1. The molecule has 2 rings (SSSR count).